The second kappa shape index (κ2) is 6.82. The van der Waals surface area contributed by atoms with Crippen molar-refractivity contribution in [1.82, 2.24) is 10.2 Å². The van der Waals surface area contributed by atoms with Gasteiger partial charge in [-0.3, -0.25) is 0 Å². The van der Waals surface area contributed by atoms with E-state index in [1.165, 1.54) is 43.1 Å². The smallest absolute Gasteiger partial charge is 0.0649 e. The van der Waals surface area contributed by atoms with Crippen molar-refractivity contribution in [1.29, 1.82) is 0 Å². The van der Waals surface area contributed by atoms with E-state index in [9.17, 15) is 0 Å². The number of thiophene rings is 1. The van der Waals surface area contributed by atoms with Gasteiger partial charge in [0.05, 0.1) is 4.21 Å². The van der Waals surface area contributed by atoms with Crippen molar-refractivity contribution >= 4 is 23.1 Å². The topological polar surface area (TPSA) is 15.3 Å². The summed E-state index contributed by atoms with van der Waals surface area (Å²) in [5.74, 6) is 0.934. The van der Waals surface area contributed by atoms with Gasteiger partial charge in [0, 0.05) is 24.4 Å². The molecule has 3 rings (SSSR count). The number of thioether (sulfide) groups is 1. The van der Waals surface area contributed by atoms with Crippen molar-refractivity contribution in [3.05, 3.63) is 17.0 Å². The first-order chi connectivity index (χ1) is 9.72. The number of nitrogens with one attached hydrogen (secondary N) is 1. The highest BCUT2D eigenvalue weighted by Crippen LogP contribution is 2.43. The monoisotopic (exact) mass is 310 g/mol. The first kappa shape index (κ1) is 14.9. The summed E-state index contributed by atoms with van der Waals surface area (Å²) < 4.78 is 1.54. The van der Waals surface area contributed by atoms with E-state index >= 15 is 0 Å². The van der Waals surface area contributed by atoms with Crippen LogP contribution in [0.1, 0.15) is 44.7 Å². The van der Waals surface area contributed by atoms with Crippen LogP contribution in [-0.4, -0.2) is 36.3 Å². The molecule has 0 spiro atoms. The molecule has 1 aromatic heterocycles. The van der Waals surface area contributed by atoms with Crippen molar-refractivity contribution in [2.45, 2.75) is 48.6 Å². The molecule has 2 aliphatic heterocycles. The second-order valence-corrected chi connectivity index (χ2v) is 8.98. The Kier molecular flexibility index (Phi) is 5.08. The summed E-state index contributed by atoms with van der Waals surface area (Å²) in [5.41, 5.74) is 1.55. The van der Waals surface area contributed by atoms with E-state index < -0.39 is 0 Å². The van der Waals surface area contributed by atoms with Gasteiger partial charge >= 0.3 is 0 Å². The summed E-state index contributed by atoms with van der Waals surface area (Å²) in [6.45, 7) is 9.67. The standard InChI is InChI=1S/C16H26N2S2/c1-12-3-7-18(8-4-12)9-6-17-15-11-13(2)20-16-14(15)5-10-19-16/h5,10,12-13,15,17H,3-4,6-9,11H2,1-2H3/t13-,15?/m0/s1. The van der Waals surface area contributed by atoms with E-state index in [2.05, 4.69) is 47.3 Å². The van der Waals surface area contributed by atoms with Gasteiger partial charge in [0.15, 0.2) is 0 Å². The lowest BCUT2D eigenvalue weighted by Gasteiger charge is -2.32. The van der Waals surface area contributed by atoms with Crippen molar-refractivity contribution in [3.8, 4) is 0 Å². The van der Waals surface area contributed by atoms with E-state index in [0.29, 0.717) is 6.04 Å². The van der Waals surface area contributed by atoms with Crippen molar-refractivity contribution < 1.29 is 0 Å². The molecule has 0 aliphatic carbocycles. The number of nitrogens with zero attached hydrogens (tertiary/aromatic N) is 1. The minimum absolute atomic E-state index is 0.580. The van der Waals surface area contributed by atoms with Gasteiger partial charge in [0.25, 0.3) is 0 Å². The van der Waals surface area contributed by atoms with Gasteiger partial charge in [-0.1, -0.05) is 13.8 Å². The van der Waals surface area contributed by atoms with Gasteiger partial charge in [-0.2, -0.15) is 0 Å². The molecule has 1 aromatic rings. The van der Waals surface area contributed by atoms with Crippen LogP contribution in [0.15, 0.2) is 15.7 Å². The van der Waals surface area contributed by atoms with Crippen LogP contribution in [0.25, 0.3) is 0 Å². The van der Waals surface area contributed by atoms with E-state index in [4.69, 9.17) is 0 Å². The molecule has 2 aliphatic rings. The summed E-state index contributed by atoms with van der Waals surface area (Å²) in [4.78, 5) is 2.63. The summed E-state index contributed by atoms with van der Waals surface area (Å²) in [6, 6.07) is 2.90. The second-order valence-electron chi connectivity index (χ2n) is 6.36. The Labute approximate surface area is 131 Å². The van der Waals surface area contributed by atoms with Gasteiger partial charge in [-0.05, 0) is 55.3 Å². The normalized spacial score (nSPS) is 28.5. The third-order valence-corrected chi connectivity index (χ3v) is 6.95. The lowest BCUT2D eigenvalue weighted by atomic mass is 9.99. The lowest BCUT2D eigenvalue weighted by Crippen LogP contribution is -2.39. The average molecular weight is 311 g/mol. The zero-order valence-corrected chi connectivity index (χ0v) is 14.2. The first-order valence-corrected chi connectivity index (χ1v) is 9.68. The minimum atomic E-state index is 0.580. The van der Waals surface area contributed by atoms with Gasteiger partial charge in [0.2, 0.25) is 0 Å². The number of hydrogen-bond acceptors (Lipinski definition) is 4. The van der Waals surface area contributed by atoms with Crippen LogP contribution in [0.2, 0.25) is 0 Å². The van der Waals surface area contributed by atoms with Crippen LogP contribution in [0, 0.1) is 5.92 Å². The maximum absolute atomic E-state index is 3.80. The summed E-state index contributed by atoms with van der Waals surface area (Å²) in [5, 5.41) is 6.80. The summed E-state index contributed by atoms with van der Waals surface area (Å²) in [6.07, 6.45) is 4.03. The fourth-order valence-electron chi connectivity index (χ4n) is 3.23. The number of rotatable bonds is 4. The molecule has 0 bridgehead atoms. The molecular formula is C16H26N2S2. The number of fused-ring (bicyclic) bond motifs is 1. The number of likely N-dealkylation sites (tertiary alicyclic amines) is 1. The molecule has 0 aromatic carbocycles. The van der Waals surface area contributed by atoms with Gasteiger partial charge in [-0.15, -0.1) is 23.1 Å². The Morgan fingerprint density at radius 3 is 2.90 bits per heavy atom. The molecule has 0 amide bonds. The lowest BCUT2D eigenvalue weighted by molar-refractivity contribution is 0.190. The molecule has 112 valence electrons. The fourth-order valence-corrected chi connectivity index (χ4v) is 5.79. The van der Waals surface area contributed by atoms with E-state index in [1.807, 2.05) is 11.3 Å². The summed E-state index contributed by atoms with van der Waals surface area (Å²) in [7, 11) is 0. The Bertz CT molecular complexity index is 424. The zero-order chi connectivity index (χ0) is 13.9. The van der Waals surface area contributed by atoms with Gasteiger partial charge < -0.3 is 10.2 Å². The molecule has 0 saturated carbocycles. The molecule has 1 N–H and O–H groups in total. The van der Waals surface area contributed by atoms with Crippen LogP contribution in [0.5, 0.6) is 0 Å². The van der Waals surface area contributed by atoms with Crippen LogP contribution < -0.4 is 5.32 Å². The molecule has 1 unspecified atom stereocenters. The predicted octanol–water partition coefficient (Wildman–Crippen LogP) is 4.00. The predicted molar refractivity (Wildman–Crippen MR) is 89.8 cm³/mol. The molecule has 4 heteroatoms. The molecule has 1 saturated heterocycles. The van der Waals surface area contributed by atoms with Crippen LogP contribution >= 0.6 is 23.1 Å². The average Bonchev–Trinajstić information content (AvgIpc) is 2.89. The van der Waals surface area contributed by atoms with Crippen LogP contribution in [0.3, 0.4) is 0 Å². The van der Waals surface area contributed by atoms with Crippen molar-refractivity contribution in [3.63, 3.8) is 0 Å². The highest BCUT2D eigenvalue weighted by molar-refractivity contribution is 8.01. The Morgan fingerprint density at radius 2 is 2.10 bits per heavy atom. The zero-order valence-electron chi connectivity index (χ0n) is 12.6. The fraction of sp³-hybridized carbons (Fsp3) is 0.750. The maximum atomic E-state index is 3.80. The van der Waals surface area contributed by atoms with E-state index in [0.717, 1.165) is 17.7 Å². The third-order valence-electron chi connectivity index (χ3n) is 4.60. The first-order valence-electron chi connectivity index (χ1n) is 7.92. The number of piperidine rings is 1. The third kappa shape index (κ3) is 3.59. The molecule has 3 heterocycles. The number of hydrogen-bond donors (Lipinski definition) is 1. The SMILES string of the molecule is CC1CCN(CCNC2C[C@H](C)Sc3sccc32)CC1. The largest absolute Gasteiger partial charge is 0.309 e. The quantitative estimate of drug-likeness (QED) is 0.905. The maximum Gasteiger partial charge on any atom is 0.0649 e. The Hall–Kier alpha value is -0.0300. The Morgan fingerprint density at radius 1 is 1.30 bits per heavy atom. The molecule has 1 fully saturated rings. The molecular weight excluding hydrogens is 284 g/mol. The van der Waals surface area contributed by atoms with Gasteiger partial charge in [-0.25, -0.2) is 0 Å². The van der Waals surface area contributed by atoms with Crippen LogP contribution in [0.4, 0.5) is 0 Å². The highest BCUT2D eigenvalue weighted by atomic mass is 32.2. The summed E-state index contributed by atoms with van der Waals surface area (Å²) >= 11 is 3.96. The van der Waals surface area contributed by atoms with Crippen LogP contribution in [-0.2, 0) is 0 Å². The molecule has 2 atom stereocenters. The molecule has 20 heavy (non-hydrogen) atoms. The van der Waals surface area contributed by atoms with Gasteiger partial charge in [0.1, 0.15) is 0 Å². The molecule has 2 nitrogen and oxygen atoms in total. The van der Waals surface area contributed by atoms with E-state index in [-0.39, 0.29) is 0 Å². The van der Waals surface area contributed by atoms with Crippen molar-refractivity contribution in [2.24, 2.45) is 5.92 Å². The van der Waals surface area contributed by atoms with E-state index in [1.54, 1.807) is 5.56 Å². The molecule has 0 radical (unpaired) electrons. The minimum Gasteiger partial charge on any atom is -0.309 e. The Balaban J connectivity index is 1.47. The van der Waals surface area contributed by atoms with Crippen molar-refractivity contribution in [2.75, 3.05) is 26.2 Å². The highest BCUT2D eigenvalue weighted by Gasteiger charge is 2.26.